The number of benzene rings is 1. The Hall–Kier alpha value is -2.37. The molecule has 1 saturated heterocycles. The van der Waals surface area contributed by atoms with Crippen molar-refractivity contribution in [2.45, 2.75) is 46.2 Å². The van der Waals surface area contributed by atoms with Crippen LogP contribution in [-0.2, 0) is 16.1 Å². The molecule has 2 aromatic rings. The standard InChI is InChI=1S/C18H24N4O2/c1-4-9-21-15-8-6-5-7-14(15)19-18(21)20-17(24)13-10-16(23)22(11-13)12(2)3/h5-8,12-13H,4,9-11H2,1-3H3,(H,19,20,24)/t13-/m0/s1. The van der Waals surface area contributed by atoms with Crippen molar-refractivity contribution in [1.82, 2.24) is 14.5 Å². The van der Waals surface area contributed by atoms with E-state index < -0.39 is 0 Å². The van der Waals surface area contributed by atoms with Crippen molar-refractivity contribution in [1.29, 1.82) is 0 Å². The van der Waals surface area contributed by atoms with Crippen LogP contribution in [0, 0.1) is 5.92 Å². The van der Waals surface area contributed by atoms with E-state index in [9.17, 15) is 9.59 Å². The summed E-state index contributed by atoms with van der Waals surface area (Å²) in [6.07, 6.45) is 1.23. The molecule has 1 aliphatic heterocycles. The summed E-state index contributed by atoms with van der Waals surface area (Å²) in [5.74, 6) is 0.180. The lowest BCUT2D eigenvalue weighted by molar-refractivity contribution is -0.129. The first-order valence-corrected chi connectivity index (χ1v) is 8.56. The highest BCUT2D eigenvalue weighted by Crippen LogP contribution is 2.24. The topological polar surface area (TPSA) is 67.2 Å². The average molecular weight is 328 g/mol. The summed E-state index contributed by atoms with van der Waals surface area (Å²) in [7, 11) is 0. The van der Waals surface area contributed by atoms with Crippen molar-refractivity contribution < 1.29 is 9.59 Å². The van der Waals surface area contributed by atoms with E-state index in [2.05, 4.69) is 17.2 Å². The Morgan fingerprint density at radius 1 is 1.38 bits per heavy atom. The number of aromatic nitrogens is 2. The third-order valence-corrected chi connectivity index (χ3v) is 4.49. The molecule has 6 nitrogen and oxygen atoms in total. The van der Waals surface area contributed by atoms with E-state index in [0.717, 1.165) is 24.0 Å². The molecular weight excluding hydrogens is 304 g/mol. The zero-order valence-corrected chi connectivity index (χ0v) is 14.5. The maximum Gasteiger partial charge on any atom is 0.232 e. The Balaban J connectivity index is 1.81. The van der Waals surface area contributed by atoms with Crippen molar-refractivity contribution in [3.63, 3.8) is 0 Å². The Kier molecular flexibility index (Phi) is 4.55. The van der Waals surface area contributed by atoms with Gasteiger partial charge in [-0.05, 0) is 32.4 Å². The van der Waals surface area contributed by atoms with E-state index in [1.54, 1.807) is 4.90 Å². The number of aryl methyl sites for hydroxylation is 1. The third kappa shape index (κ3) is 3.00. The molecule has 1 aliphatic rings. The smallest absolute Gasteiger partial charge is 0.232 e. The van der Waals surface area contributed by atoms with Gasteiger partial charge in [0.25, 0.3) is 0 Å². The molecule has 0 unspecified atom stereocenters. The number of anilines is 1. The molecule has 24 heavy (non-hydrogen) atoms. The number of nitrogens with zero attached hydrogens (tertiary/aromatic N) is 3. The number of likely N-dealkylation sites (tertiary alicyclic amines) is 1. The van der Waals surface area contributed by atoms with Crippen LogP contribution in [-0.4, -0.2) is 38.9 Å². The normalized spacial score (nSPS) is 17.9. The van der Waals surface area contributed by atoms with Crippen LogP contribution in [0.4, 0.5) is 5.95 Å². The molecule has 0 aliphatic carbocycles. The highest BCUT2D eigenvalue weighted by atomic mass is 16.2. The van der Waals surface area contributed by atoms with Crippen molar-refractivity contribution in [2.75, 3.05) is 11.9 Å². The average Bonchev–Trinajstić information content (AvgIpc) is 3.09. The number of amides is 2. The minimum Gasteiger partial charge on any atom is -0.339 e. The maximum atomic E-state index is 12.6. The largest absolute Gasteiger partial charge is 0.339 e. The van der Waals surface area contributed by atoms with Gasteiger partial charge in [0.2, 0.25) is 17.8 Å². The van der Waals surface area contributed by atoms with Gasteiger partial charge in [0, 0.05) is 25.6 Å². The minimum atomic E-state index is -0.310. The zero-order chi connectivity index (χ0) is 17.3. The molecule has 1 aromatic carbocycles. The fourth-order valence-electron chi connectivity index (χ4n) is 3.24. The van der Waals surface area contributed by atoms with Gasteiger partial charge in [0.1, 0.15) is 0 Å². The van der Waals surface area contributed by atoms with Crippen LogP contribution in [0.3, 0.4) is 0 Å². The number of rotatable bonds is 5. The third-order valence-electron chi connectivity index (χ3n) is 4.49. The fourth-order valence-corrected chi connectivity index (χ4v) is 3.24. The predicted molar refractivity (Wildman–Crippen MR) is 93.6 cm³/mol. The summed E-state index contributed by atoms with van der Waals surface area (Å²) < 4.78 is 2.03. The van der Waals surface area contributed by atoms with Gasteiger partial charge in [-0.2, -0.15) is 0 Å². The first-order chi connectivity index (χ1) is 11.5. The van der Waals surface area contributed by atoms with Crippen molar-refractivity contribution in [3.8, 4) is 0 Å². The summed E-state index contributed by atoms with van der Waals surface area (Å²) in [6, 6.07) is 7.98. The number of carbonyl (C=O) groups is 2. The molecule has 2 amide bonds. The highest BCUT2D eigenvalue weighted by Gasteiger charge is 2.35. The van der Waals surface area contributed by atoms with Crippen LogP contribution < -0.4 is 5.32 Å². The van der Waals surface area contributed by atoms with Crippen LogP contribution in [0.5, 0.6) is 0 Å². The molecule has 1 fully saturated rings. The molecule has 2 heterocycles. The first-order valence-electron chi connectivity index (χ1n) is 8.56. The molecule has 1 aromatic heterocycles. The van der Waals surface area contributed by atoms with Crippen LogP contribution in [0.2, 0.25) is 0 Å². The van der Waals surface area contributed by atoms with Crippen LogP contribution in [0.15, 0.2) is 24.3 Å². The van der Waals surface area contributed by atoms with E-state index in [4.69, 9.17) is 0 Å². The van der Waals surface area contributed by atoms with Gasteiger partial charge in [-0.25, -0.2) is 4.98 Å². The van der Waals surface area contributed by atoms with Crippen molar-refractivity contribution in [3.05, 3.63) is 24.3 Å². The molecular formula is C18H24N4O2. The van der Waals surface area contributed by atoms with Gasteiger partial charge in [-0.1, -0.05) is 19.1 Å². The number of carbonyl (C=O) groups excluding carboxylic acids is 2. The number of hydrogen-bond acceptors (Lipinski definition) is 3. The van der Waals surface area contributed by atoms with E-state index in [1.165, 1.54) is 0 Å². The second-order valence-corrected chi connectivity index (χ2v) is 6.61. The Labute approximate surface area is 141 Å². The monoisotopic (exact) mass is 328 g/mol. The van der Waals surface area contributed by atoms with Crippen LogP contribution in [0.25, 0.3) is 11.0 Å². The summed E-state index contributed by atoms with van der Waals surface area (Å²) in [5, 5.41) is 2.94. The predicted octanol–water partition coefficient (Wildman–Crippen LogP) is 2.64. The summed E-state index contributed by atoms with van der Waals surface area (Å²) >= 11 is 0. The molecule has 3 rings (SSSR count). The van der Waals surface area contributed by atoms with Crippen LogP contribution in [0.1, 0.15) is 33.6 Å². The quantitative estimate of drug-likeness (QED) is 0.917. The van der Waals surface area contributed by atoms with Gasteiger partial charge in [0.15, 0.2) is 0 Å². The number of fused-ring (bicyclic) bond motifs is 1. The Morgan fingerprint density at radius 3 is 2.79 bits per heavy atom. The molecule has 1 atom stereocenters. The zero-order valence-electron chi connectivity index (χ0n) is 14.5. The molecule has 1 N–H and O–H groups in total. The summed E-state index contributed by atoms with van der Waals surface area (Å²) in [4.78, 5) is 30.9. The molecule has 0 bridgehead atoms. The molecule has 0 radical (unpaired) electrons. The maximum absolute atomic E-state index is 12.6. The van der Waals surface area contributed by atoms with E-state index >= 15 is 0 Å². The van der Waals surface area contributed by atoms with Crippen molar-refractivity contribution >= 4 is 28.8 Å². The fraction of sp³-hybridized carbons (Fsp3) is 0.500. The second-order valence-electron chi connectivity index (χ2n) is 6.61. The summed E-state index contributed by atoms with van der Waals surface area (Å²) in [6.45, 7) is 7.31. The molecule has 128 valence electrons. The number of imidazole rings is 1. The van der Waals surface area contributed by atoms with Gasteiger partial charge in [-0.15, -0.1) is 0 Å². The van der Waals surface area contributed by atoms with Gasteiger partial charge in [-0.3, -0.25) is 14.9 Å². The van der Waals surface area contributed by atoms with Crippen LogP contribution >= 0.6 is 0 Å². The molecule has 0 saturated carbocycles. The molecule has 6 heteroatoms. The van der Waals surface area contributed by atoms with Crippen molar-refractivity contribution in [2.24, 2.45) is 5.92 Å². The minimum absolute atomic E-state index is 0.0483. The van der Waals surface area contributed by atoms with Gasteiger partial charge >= 0.3 is 0 Å². The van der Waals surface area contributed by atoms with Gasteiger partial charge < -0.3 is 9.47 Å². The SMILES string of the molecule is CCCn1c(NC(=O)[C@H]2CC(=O)N(C(C)C)C2)nc2ccccc21. The number of hydrogen-bond donors (Lipinski definition) is 1. The Bertz CT molecular complexity index is 765. The highest BCUT2D eigenvalue weighted by molar-refractivity contribution is 5.97. The van der Waals surface area contributed by atoms with E-state index in [0.29, 0.717) is 12.5 Å². The lowest BCUT2D eigenvalue weighted by atomic mass is 10.1. The second kappa shape index (κ2) is 6.63. The van der Waals surface area contributed by atoms with Gasteiger partial charge in [0.05, 0.1) is 17.0 Å². The number of nitrogens with one attached hydrogen (secondary N) is 1. The molecule has 0 spiro atoms. The summed E-state index contributed by atoms with van der Waals surface area (Å²) in [5.41, 5.74) is 1.88. The first kappa shape index (κ1) is 16.5. The van der Waals surface area contributed by atoms with E-state index in [-0.39, 0.29) is 30.2 Å². The Morgan fingerprint density at radius 2 is 2.12 bits per heavy atom. The van der Waals surface area contributed by atoms with E-state index in [1.807, 2.05) is 42.7 Å². The number of para-hydroxylation sites is 2. The lowest BCUT2D eigenvalue weighted by Gasteiger charge is -2.20. The lowest BCUT2D eigenvalue weighted by Crippen LogP contribution is -2.33.